The summed E-state index contributed by atoms with van der Waals surface area (Å²) < 4.78 is 13.4. The highest BCUT2D eigenvalue weighted by molar-refractivity contribution is 7.98. The van der Waals surface area contributed by atoms with Crippen molar-refractivity contribution < 1.29 is 9.15 Å². The molecule has 0 atom stereocenters. The number of nitrogens with zero attached hydrogens (tertiary/aromatic N) is 5. The van der Waals surface area contributed by atoms with Gasteiger partial charge in [-0.1, -0.05) is 35.5 Å². The summed E-state index contributed by atoms with van der Waals surface area (Å²) in [5.74, 6) is 3.16. The lowest BCUT2D eigenvalue weighted by Crippen LogP contribution is -2.07. The summed E-state index contributed by atoms with van der Waals surface area (Å²) in [5, 5.41) is 17.9. The van der Waals surface area contributed by atoms with E-state index < -0.39 is 0 Å². The van der Waals surface area contributed by atoms with Gasteiger partial charge in [-0.2, -0.15) is 0 Å². The number of halogens is 1. The molecule has 7 nitrogen and oxygen atoms in total. The number of rotatable bonds is 7. The molecule has 3 aromatic rings. The van der Waals surface area contributed by atoms with E-state index in [1.165, 1.54) is 11.8 Å². The number of hydrogen-bond acceptors (Lipinski definition) is 7. The first-order valence-corrected chi connectivity index (χ1v) is 9.30. The molecule has 0 bridgehead atoms. The topological polar surface area (TPSA) is 78.9 Å². The molecule has 0 aliphatic heterocycles. The van der Waals surface area contributed by atoms with E-state index in [9.17, 15) is 0 Å². The van der Waals surface area contributed by atoms with Crippen LogP contribution in [0.2, 0.25) is 5.02 Å². The Morgan fingerprint density at radius 1 is 1.24 bits per heavy atom. The van der Waals surface area contributed by atoms with Gasteiger partial charge in [0.1, 0.15) is 12.4 Å². The summed E-state index contributed by atoms with van der Waals surface area (Å²) in [7, 11) is 0. The van der Waals surface area contributed by atoms with Gasteiger partial charge in [0.2, 0.25) is 11.8 Å². The maximum absolute atomic E-state index is 6.13. The average molecular weight is 378 g/mol. The zero-order chi connectivity index (χ0) is 17.2. The highest BCUT2D eigenvalue weighted by atomic mass is 35.5. The van der Waals surface area contributed by atoms with Crippen molar-refractivity contribution in [3.05, 3.63) is 46.9 Å². The molecule has 0 saturated heterocycles. The van der Waals surface area contributed by atoms with E-state index in [1.807, 2.05) is 18.2 Å². The second kappa shape index (κ2) is 7.05. The molecule has 1 saturated carbocycles. The van der Waals surface area contributed by atoms with Gasteiger partial charge < -0.3 is 9.15 Å². The molecular formula is C16H16ClN5O2S. The lowest BCUT2D eigenvalue weighted by atomic mass is 10.3. The Bertz CT molecular complexity index is 877. The number of ether oxygens (including phenoxy) is 1. The molecule has 0 amide bonds. The van der Waals surface area contributed by atoms with Gasteiger partial charge in [-0.15, -0.1) is 20.4 Å². The summed E-state index contributed by atoms with van der Waals surface area (Å²) in [6, 6.07) is 7.84. The van der Waals surface area contributed by atoms with Crippen LogP contribution >= 0.6 is 23.4 Å². The van der Waals surface area contributed by atoms with Crippen molar-refractivity contribution in [3.8, 4) is 5.75 Å². The third kappa shape index (κ3) is 3.80. The Hall–Kier alpha value is -2.06. The van der Waals surface area contributed by atoms with Crippen molar-refractivity contribution in [2.75, 3.05) is 0 Å². The monoisotopic (exact) mass is 377 g/mol. The van der Waals surface area contributed by atoms with Crippen LogP contribution in [-0.4, -0.2) is 25.0 Å². The van der Waals surface area contributed by atoms with Crippen molar-refractivity contribution >= 4 is 23.4 Å². The third-order valence-corrected chi connectivity index (χ3v) is 4.97. The Labute approximate surface area is 153 Å². The molecule has 0 spiro atoms. The van der Waals surface area contributed by atoms with Crippen molar-refractivity contribution in [2.24, 2.45) is 0 Å². The first kappa shape index (κ1) is 16.4. The second-order valence-electron chi connectivity index (χ2n) is 5.72. The normalized spacial score (nSPS) is 14.0. The highest BCUT2D eigenvalue weighted by Crippen LogP contribution is 2.39. The van der Waals surface area contributed by atoms with Gasteiger partial charge in [0.25, 0.3) is 0 Å². The van der Waals surface area contributed by atoms with Crippen LogP contribution in [0.3, 0.4) is 0 Å². The molecule has 130 valence electrons. The summed E-state index contributed by atoms with van der Waals surface area (Å²) in [5.41, 5.74) is 0. The molecule has 2 aromatic heterocycles. The van der Waals surface area contributed by atoms with Gasteiger partial charge in [-0.3, -0.25) is 4.57 Å². The molecular weight excluding hydrogens is 362 g/mol. The maximum Gasteiger partial charge on any atom is 0.226 e. The average Bonchev–Trinajstić information content (AvgIpc) is 3.23. The fourth-order valence-corrected chi connectivity index (χ4v) is 3.48. The fourth-order valence-electron chi connectivity index (χ4n) is 2.43. The van der Waals surface area contributed by atoms with Crippen LogP contribution in [0.15, 0.2) is 33.8 Å². The first-order chi connectivity index (χ1) is 12.2. The van der Waals surface area contributed by atoms with Crippen LogP contribution in [-0.2, 0) is 12.4 Å². The van der Waals surface area contributed by atoms with Crippen LogP contribution in [0.25, 0.3) is 0 Å². The predicted octanol–water partition coefficient (Wildman–Crippen LogP) is 3.83. The van der Waals surface area contributed by atoms with Gasteiger partial charge in [-0.25, -0.2) is 0 Å². The number of aromatic nitrogens is 5. The number of benzene rings is 1. The number of para-hydroxylation sites is 1. The fraction of sp³-hybridized carbons (Fsp3) is 0.375. The van der Waals surface area contributed by atoms with Gasteiger partial charge in [0, 0.05) is 13.0 Å². The van der Waals surface area contributed by atoms with Crippen molar-refractivity contribution in [3.63, 3.8) is 0 Å². The summed E-state index contributed by atoms with van der Waals surface area (Å²) in [6.07, 6.45) is 2.26. The molecule has 4 rings (SSSR count). The molecule has 0 radical (unpaired) electrons. The van der Waals surface area contributed by atoms with Crippen LogP contribution < -0.4 is 4.74 Å². The molecule has 1 fully saturated rings. The predicted molar refractivity (Wildman–Crippen MR) is 92.7 cm³/mol. The standard InChI is InChI=1S/C16H16ClN5O2S/c1-10-18-20-15(24-10)9-25-16-21-19-14(22(16)11-6-7-11)8-23-13-5-3-2-4-12(13)17/h2-5,11H,6-9H2,1H3. The maximum atomic E-state index is 6.13. The minimum Gasteiger partial charge on any atom is -0.484 e. The van der Waals surface area contributed by atoms with Crippen molar-refractivity contribution in [2.45, 2.75) is 43.3 Å². The molecule has 2 heterocycles. The number of hydrogen-bond donors (Lipinski definition) is 0. The van der Waals surface area contributed by atoms with Gasteiger partial charge in [-0.05, 0) is 25.0 Å². The highest BCUT2D eigenvalue weighted by Gasteiger charge is 2.30. The third-order valence-electron chi connectivity index (χ3n) is 3.73. The molecule has 0 N–H and O–H groups in total. The molecule has 1 aliphatic rings. The smallest absolute Gasteiger partial charge is 0.226 e. The molecule has 25 heavy (non-hydrogen) atoms. The van der Waals surface area contributed by atoms with Gasteiger partial charge >= 0.3 is 0 Å². The van der Waals surface area contributed by atoms with Crippen LogP contribution in [0.5, 0.6) is 5.75 Å². The minimum atomic E-state index is 0.327. The van der Waals surface area contributed by atoms with Gasteiger partial charge in [0.15, 0.2) is 11.0 Å². The molecule has 1 aromatic carbocycles. The summed E-state index contributed by atoms with van der Waals surface area (Å²) in [4.78, 5) is 0. The minimum absolute atomic E-state index is 0.327. The molecule has 1 aliphatic carbocycles. The summed E-state index contributed by atoms with van der Waals surface area (Å²) in [6.45, 7) is 2.10. The molecule has 9 heteroatoms. The SMILES string of the molecule is Cc1nnc(CSc2nnc(COc3ccccc3Cl)n2C2CC2)o1. The number of aryl methyl sites for hydroxylation is 1. The Balaban J connectivity index is 1.47. The second-order valence-corrected chi connectivity index (χ2v) is 7.07. The zero-order valence-electron chi connectivity index (χ0n) is 13.6. The van der Waals surface area contributed by atoms with Crippen molar-refractivity contribution in [1.82, 2.24) is 25.0 Å². The number of thioether (sulfide) groups is 1. The van der Waals surface area contributed by atoms with E-state index in [1.54, 1.807) is 13.0 Å². The van der Waals surface area contributed by atoms with Crippen LogP contribution in [0.4, 0.5) is 0 Å². The van der Waals surface area contributed by atoms with Gasteiger partial charge in [0.05, 0.1) is 10.8 Å². The van der Waals surface area contributed by atoms with Crippen molar-refractivity contribution in [1.29, 1.82) is 0 Å². The summed E-state index contributed by atoms with van der Waals surface area (Å²) >= 11 is 7.67. The van der Waals surface area contributed by atoms with E-state index in [0.29, 0.717) is 41.0 Å². The zero-order valence-corrected chi connectivity index (χ0v) is 15.1. The molecule has 0 unspecified atom stereocenters. The Morgan fingerprint density at radius 2 is 2.08 bits per heavy atom. The Kier molecular flexibility index (Phi) is 4.63. The van der Waals surface area contributed by atoms with E-state index >= 15 is 0 Å². The van der Waals surface area contributed by atoms with Crippen LogP contribution in [0.1, 0.15) is 36.5 Å². The van der Waals surface area contributed by atoms with Crippen LogP contribution in [0, 0.1) is 6.92 Å². The van der Waals surface area contributed by atoms with E-state index in [4.69, 9.17) is 20.8 Å². The largest absolute Gasteiger partial charge is 0.484 e. The van der Waals surface area contributed by atoms with E-state index in [-0.39, 0.29) is 0 Å². The first-order valence-electron chi connectivity index (χ1n) is 7.93. The van der Waals surface area contributed by atoms with E-state index in [2.05, 4.69) is 25.0 Å². The van der Waals surface area contributed by atoms with E-state index in [0.717, 1.165) is 23.8 Å². The Morgan fingerprint density at radius 3 is 2.80 bits per heavy atom. The lowest BCUT2D eigenvalue weighted by molar-refractivity contribution is 0.288. The lowest BCUT2D eigenvalue weighted by Gasteiger charge is -2.10. The quantitative estimate of drug-likeness (QED) is 0.579.